The Bertz CT molecular complexity index is 635. The summed E-state index contributed by atoms with van der Waals surface area (Å²) in [6, 6.07) is 8.66. The first kappa shape index (κ1) is 20.4. The molecular weight excluding hydrogens is 415 g/mol. The summed E-state index contributed by atoms with van der Waals surface area (Å²) in [4.78, 5) is 4.26. The molecule has 0 amide bonds. The molecule has 0 aliphatic heterocycles. The van der Waals surface area contributed by atoms with Crippen molar-refractivity contribution in [3.63, 3.8) is 0 Å². The van der Waals surface area contributed by atoms with E-state index < -0.39 is 0 Å². The number of guanidine groups is 1. The van der Waals surface area contributed by atoms with Crippen molar-refractivity contribution in [2.24, 2.45) is 4.99 Å². The summed E-state index contributed by atoms with van der Waals surface area (Å²) in [7, 11) is 1.77. The average molecular weight is 442 g/mol. The van der Waals surface area contributed by atoms with Gasteiger partial charge in [-0.25, -0.2) is 0 Å². The third kappa shape index (κ3) is 5.77. The molecule has 0 bridgehead atoms. The van der Waals surface area contributed by atoms with Crippen LogP contribution in [0.3, 0.4) is 0 Å². The largest absolute Gasteiger partial charge is 0.356 e. The molecule has 1 heterocycles. The fraction of sp³-hybridized carbons (Fsp3) is 0.471. The molecule has 2 rings (SSSR count). The quantitative estimate of drug-likeness (QED) is 0.410. The smallest absolute Gasteiger partial charge is 0.191 e. The number of aromatic nitrogens is 3. The van der Waals surface area contributed by atoms with Crippen molar-refractivity contribution in [2.75, 3.05) is 13.6 Å². The number of halogens is 1. The molecule has 1 unspecified atom stereocenters. The van der Waals surface area contributed by atoms with Gasteiger partial charge in [0.05, 0.1) is 6.54 Å². The molecule has 0 radical (unpaired) electrons. The molecule has 7 heteroatoms. The van der Waals surface area contributed by atoms with E-state index >= 15 is 0 Å². The highest BCUT2D eigenvalue weighted by molar-refractivity contribution is 14.0. The number of aryl methyl sites for hydroxylation is 2. The topological polar surface area (TPSA) is 67.1 Å². The second-order valence-electron chi connectivity index (χ2n) is 5.65. The molecule has 1 atom stereocenters. The van der Waals surface area contributed by atoms with Crippen LogP contribution in [0.1, 0.15) is 36.7 Å². The van der Waals surface area contributed by atoms with Crippen LogP contribution in [0, 0.1) is 6.92 Å². The highest BCUT2D eigenvalue weighted by Gasteiger charge is 2.08. The monoisotopic (exact) mass is 442 g/mol. The normalized spacial score (nSPS) is 12.4. The van der Waals surface area contributed by atoms with E-state index in [9.17, 15) is 0 Å². The minimum Gasteiger partial charge on any atom is -0.356 e. The van der Waals surface area contributed by atoms with E-state index in [1.54, 1.807) is 13.4 Å². The van der Waals surface area contributed by atoms with Crippen molar-refractivity contribution in [2.45, 2.75) is 39.8 Å². The Labute approximate surface area is 161 Å². The van der Waals surface area contributed by atoms with Gasteiger partial charge in [0, 0.05) is 20.1 Å². The molecule has 0 aliphatic rings. The summed E-state index contributed by atoms with van der Waals surface area (Å²) >= 11 is 0. The Morgan fingerprint density at radius 2 is 1.96 bits per heavy atom. The van der Waals surface area contributed by atoms with Crippen LogP contribution >= 0.6 is 24.0 Å². The summed E-state index contributed by atoms with van der Waals surface area (Å²) in [6.07, 6.45) is 1.74. The van der Waals surface area contributed by atoms with E-state index in [1.165, 1.54) is 11.1 Å². The number of nitrogens with one attached hydrogen (secondary N) is 2. The highest BCUT2D eigenvalue weighted by atomic mass is 127. The molecule has 0 saturated heterocycles. The van der Waals surface area contributed by atoms with Crippen LogP contribution in [0.5, 0.6) is 0 Å². The van der Waals surface area contributed by atoms with Crippen LogP contribution < -0.4 is 10.6 Å². The number of hydrogen-bond donors (Lipinski definition) is 2. The maximum atomic E-state index is 4.26. The average Bonchev–Trinajstić information content (AvgIpc) is 3.03. The van der Waals surface area contributed by atoms with Crippen LogP contribution in [0.4, 0.5) is 0 Å². The molecule has 24 heavy (non-hydrogen) atoms. The lowest BCUT2D eigenvalue weighted by Gasteiger charge is -2.16. The zero-order valence-corrected chi connectivity index (χ0v) is 17.1. The first-order valence-corrected chi connectivity index (χ1v) is 8.01. The number of hydrogen-bond acceptors (Lipinski definition) is 3. The number of rotatable bonds is 6. The molecule has 6 nitrogen and oxygen atoms in total. The van der Waals surface area contributed by atoms with Gasteiger partial charge in [-0.15, -0.1) is 34.2 Å². The van der Waals surface area contributed by atoms with Gasteiger partial charge in [-0.1, -0.05) is 36.8 Å². The van der Waals surface area contributed by atoms with Gasteiger partial charge in [-0.05, 0) is 25.3 Å². The molecule has 0 saturated carbocycles. The lowest BCUT2D eigenvalue weighted by Crippen LogP contribution is -2.39. The first-order chi connectivity index (χ1) is 11.1. The Kier molecular flexibility index (Phi) is 8.73. The van der Waals surface area contributed by atoms with Gasteiger partial charge >= 0.3 is 0 Å². The van der Waals surface area contributed by atoms with Gasteiger partial charge in [0.1, 0.15) is 6.33 Å². The highest BCUT2D eigenvalue weighted by Crippen LogP contribution is 2.14. The minimum absolute atomic E-state index is 0. The molecule has 0 fully saturated rings. The van der Waals surface area contributed by atoms with Gasteiger partial charge < -0.3 is 15.2 Å². The second-order valence-corrected chi connectivity index (χ2v) is 5.65. The van der Waals surface area contributed by atoms with Crippen LogP contribution in [-0.4, -0.2) is 34.3 Å². The first-order valence-electron chi connectivity index (χ1n) is 8.01. The van der Waals surface area contributed by atoms with Crippen molar-refractivity contribution >= 4 is 29.9 Å². The van der Waals surface area contributed by atoms with E-state index in [0.717, 1.165) is 24.9 Å². The van der Waals surface area contributed by atoms with Crippen molar-refractivity contribution in [3.05, 3.63) is 47.5 Å². The summed E-state index contributed by atoms with van der Waals surface area (Å²) < 4.78 is 2.01. The molecule has 132 valence electrons. The minimum atomic E-state index is 0. The summed E-state index contributed by atoms with van der Waals surface area (Å²) in [5, 5.41) is 14.7. The molecular formula is C17H27IN6. The van der Waals surface area contributed by atoms with Crippen molar-refractivity contribution < 1.29 is 0 Å². The third-order valence-corrected chi connectivity index (χ3v) is 3.90. The fourth-order valence-corrected chi connectivity index (χ4v) is 2.33. The van der Waals surface area contributed by atoms with Crippen LogP contribution in [0.2, 0.25) is 0 Å². The summed E-state index contributed by atoms with van der Waals surface area (Å²) in [5.74, 6) is 2.09. The Morgan fingerprint density at radius 3 is 2.58 bits per heavy atom. The van der Waals surface area contributed by atoms with E-state index in [-0.39, 0.29) is 24.0 Å². The Balaban J connectivity index is 0.00000288. The molecule has 0 spiro atoms. The van der Waals surface area contributed by atoms with Crippen molar-refractivity contribution in [1.29, 1.82) is 0 Å². The van der Waals surface area contributed by atoms with Crippen molar-refractivity contribution in [1.82, 2.24) is 25.4 Å². The van der Waals surface area contributed by atoms with Gasteiger partial charge in [0.25, 0.3) is 0 Å². The third-order valence-electron chi connectivity index (χ3n) is 3.90. The van der Waals surface area contributed by atoms with E-state index in [1.807, 2.05) is 4.57 Å². The zero-order valence-electron chi connectivity index (χ0n) is 14.8. The fourth-order valence-electron chi connectivity index (χ4n) is 2.33. The molecule has 1 aromatic carbocycles. The Hall–Kier alpha value is -1.64. The van der Waals surface area contributed by atoms with Crippen LogP contribution in [-0.2, 0) is 13.1 Å². The van der Waals surface area contributed by atoms with Gasteiger partial charge in [-0.2, -0.15) is 0 Å². The zero-order chi connectivity index (χ0) is 16.7. The SMILES string of the molecule is CCn1cnnc1CNC(=NC)NCC(C)c1ccc(C)cc1.I. The lowest BCUT2D eigenvalue weighted by atomic mass is 10.0. The van der Waals surface area contributed by atoms with E-state index in [0.29, 0.717) is 12.5 Å². The predicted octanol–water partition coefficient (Wildman–Crippen LogP) is 2.69. The van der Waals surface area contributed by atoms with Gasteiger partial charge in [0.15, 0.2) is 11.8 Å². The van der Waals surface area contributed by atoms with Gasteiger partial charge in [0.2, 0.25) is 0 Å². The van der Waals surface area contributed by atoms with Crippen LogP contribution in [0.25, 0.3) is 0 Å². The van der Waals surface area contributed by atoms with Crippen LogP contribution in [0.15, 0.2) is 35.6 Å². The summed E-state index contributed by atoms with van der Waals surface area (Å²) in [5.41, 5.74) is 2.61. The predicted molar refractivity (Wildman–Crippen MR) is 109 cm³/mol. The summed E-state index contributed by atoms with van der Waals surface area (Å²) in [6.45, 7) is 8.67. The molecule has 2 aromatic rings. The van der Waals surface area contributed by atoms with Crippen molar-refractivity contribution in [3.8, 4) is 0 Å². The maximum Gasteiger partial charge on any atom is 0.191 e. The van der Waals surface area contributed by atoms with Gasteiger partial charge in [-0.3, -0.25) is 4.99 Å². The number of benzene rings is 1. The van der Waals surface area contributed by atoms with E-state index in [4.69, 9.17) is 0 Å². The molecule has 0 aliphatic carbocycles. The lowest BCUT2D eigenvalue weighted by molar-refractivity contribution is 0.659. The van der Waals surface area contributed by atoms with E-state index in [2.05, 4.69) is 70.9 Å². The standard InChI is InChI=1S/C17H26N6.HI/c1-5-23-12-21-22-16(23)11-20-17(18-4)19-10-14(3)15-8-6-13(2)7-9-15;/h6-9,12,14H,5,10-11H2,1-4H3,(H2,18,19,20);1H. The Morgan fingerprint density at radius 1 is 1.25 bits per heavy atom. The molecule has 1 aromatic heterocycles. The maximum absolute atomic E-state index is 4.26. The number of nitrogens with zero attached hydrogens (tertiary/aromatic N) is 4. The molecule has 2 N–H and O–H groups in total. The number of aliphatic imine (C=N–C) groups is 1. The second kappa shape index (κ2) is 10.3.